The van der Waals surface area contributed by atoms with Gasteiger partial charge in [0.15, 0.2) is 15.2 Å². The second kappa shape index (κ2) is 22.7. The number of ether oxygens (including phenoxy) is 2. The summed E-state index contributed by atoms with van der Waals surface area (Å²) >= 11 is 11.2. The van der Waals surface area contributed by atoms with Crippen LogP contribution in [0.5, 0.6) is 0 Å². The van der Waals surface area contributed by atoms with Crippen LogP contribution >= 0.6 is 38.4 Å². The summed E-state index contributed by atoms with van der Waals surface area (Å²) in [5.74, 6) is -1.24. The fourth-order valence-corrected chi connectivity index (χ4v) is 7.42. The number of hydrogen-bond donors (Lipinski definition) is 2. The first-order chi connectivity index (χ1) is 22.5. The molecule has 4 rings (SSSR count). The number of quaternary nitrogens is 2. The van der Waals surface area contributed by atoms with E-state index in [4.69, 9.17) is 32.7 Å². The minimum Gasteiger partial charge on any atom is -0.776 e. The van der Waals surface area contributed by atoms with Crippen LogP contribution in [0.1, 0.15) is 72.1 Å². The van der Waals surface area contributed by atoms with Crippen molar-refractivity contribution in [3.8, 4) is 0 Å². The van der Waals surface area contributed by atoms with E-state index in [1.165, 1.54) is 64.7 Å². The first-order valence-corrected chi connectivity index (χ1v) is 19.7. The fraction of sp³-hybridized carbons (Fsp3) is 0.548. The summed E-state index contributed by atoms with van der Waals surface area (Å²) in [7, 11) is -10.8. The van der Waals surface area contributed by atoms with Gasteiger partial charge in [0.2, 0.25) is 3.82 Å². The maximum atomic E-state index is 12.3. The third kappa shape index (κ3) is 16.0. The molecule has 2 fully saturated rings. The Kier molecular flexibility index (Phi) is 20.0. The van der Waals surface area contributed by atoms with Gasteiger partial charge in [0.25, 0.3) is 0 Å². The van der Waals surface area contributed by atoms with Crippen molar-refractivity contribution in [3.63, 3.8) is 0 Å². The molecular formula is C31H46Cl2N2O10P2. The number of benzene rings is 2. The Labute approximate surface area is 286 Å². The molecule has 2 aromatic carbocycles. The Morgan fingerprint density at radius 1 is 0.617 bits per heavy atom. The van der Waals surface area contributed by atoms with Crippen molar-refractivity contribution in [2.45, 2.75) is 55.2 Å². The highest BCUT2D eigenvalue weighted by atomic mass is 35.5. The van der Waals surface area contributed by atoms with E-state index in [-0.39, 0.29) is 26.1 Å². The van der Waals surface area contributed by atoms with E-state index in [2.05, 4.69) is 19.7 Å². The standard InChI is InChI=1S/C21H24Cl2O10P2.2C5H11N/c22-21(23,34(26,27)32-15-7-13-30-19(24)17-9-3-1-4-10-17)35(28,29)33-16-8-14-31-20(25)18-11-5-2-6-12-18;2*1-2-4-6-5-3-1/h1-6,9-12H,7-8,13-16H2,(H,26,27)(H,28,29);2*6H,1-5H2. The van der Waals surface area contributed by atoms with Gasteiger partial charge in [-0.25, -0.2) is 9.59 Å². The van der Waals surface area contributed by atoms with Crippen LogP contribution in [-0.4, -0.2) is 68.4 Å². The molecule has 2 atom stereocenters. The van der Waals surface area contributed by atoms with Gasteiger partial charge in [-0.15, -0.1) is 0 Å². The second-order valence-electron chi connectivity index (χ2n) is 10.7. The molecule has 2 aliphatic rings. The van der Waals surface area contributed by atoms with Crippen molar-refractivity contribution in [1.82, 2.24) is 0 Å². The fourth-order valence-electron chi connectivity index (χ4n) is 4.23. The third-order valence-electron chi connectivity index (χ3n) is 6.88. The van der Waals surface area contributed by atoms with Gasteiger partial charge in [-0.1, -0.05) is 59.6 Å². The molecule has 2 aromatic rings. The summed E-state index contributed by atoms with van der Waals surface area (Å²) in [5.41, 5.74) is 0.616. The Bertz CT molecular complexity index is 1150. The highest BCUT2D eigenvalue weighted by Gasteiger charge is 2.49. The van der Waals surface area contributed by atoms with Gasteiger partial charge >= 0.3 is 11.9 Å². The quantitative estimate of drug-likeness (QED) is 0.126. The Morgan fingerprint density at radius 3 is 1.23 bits per heavy atom. The topological polar surface area (TPSA) is 185 Å². The first kappa shape index (κ1) is 41.4. The average Bonchev–Trinajstić information content (AvgIpc) is 3.10. The highest BCUT2D eigenvalue weighted by molar-refractivity contribution is 7.78. The molecule has 12 nitrogen and oxygen atoms in total. The van der Waals surface area contributed by atoms with Crippen molar-refractivity contribution < 1.29 is 57.7 Å². The molecule has 0 aromatic heterocycles. The zero-order valence-corrected chi connectivity index (χ0v) is 29.8. The zero-order valence-electron chi connectivity index (χ0n) is 26.5. The number of hydrogen-bond acceptors (Lipinski definition) is 10. The van der Waals surface area contributed by atoms with Crippen molar-refractivity contribution >= 4 is 50.3 Å². The molecule has 16 heteroatoms. The lowest BCUT2D eigenvalue weighted by atomic mass is 10.2. The number of rotatable bonds is 14. The average molecular weight is 740 g/mol. The second-order valence-corrected chi connectivity index (χ2v) is 17.3. The molecule has 0 bridgehead atoms. The smallest absolute Gasteiger partial charge is 0.338 e. The Hall–Kier alpha value is -1.82. The molecule has 4 N–H and O–H groups in total. The Morgan fingerprint density at radius 2 is 0.957 bits per heavy atom. The molecular weight excluding hydrogens is 693 g/mol. The molecule has 47 heavy (non-hydrogen) atoms. The minimum atomic E-state index is -5.40. The van der Waals surface area contributed by atoms with E-state index in [9.17, 15) is 28.5 Å². The van der Waals surface area contributed by atoms with E-state index >= 15 is 0 Å². The van der Waals surface area contributed by atoms with Crippen molar-refractivity contribution in [2.24, 2.45) is 0 Å². The maximum absolute atomic E-state index is 12.3. The maximum Gasteiger partial charge on any atom is 0.338 e. The number of piperidine rings is 2. The van der Waals surface area contributed by atoms with Crippen molar-refractivity contribution in [2.75, 3.05) is 52.6 Å². The van der Waals surface area contributed by atoms with Crippen LogP contribution in [-0.2, 0) is 27.7 Å². The molecule has 2 saturated heterocycles. The molecule has 2 heterocycles. The van der Waals surface area contributed by atoms with E-state index < -0.39 is 44.2 Å². The number of carbonyl (C=O) groups is 2. The summed E-state index contributed by atoms with van der Waals surface area (Å²) in [6.45, 7) is 4.02. The van der Waals surface area contributed by atoms with E-state index in [1.807, 2.05) is 0 Å². The predicted octanol–water partition coefficient (Wildman–Crippen LogP) is 3.18. The summed E-state index contributed by atoms with van der Waals surface area (Å²) in [6.07, 6.45) is 8.56. The van der Waals surface area contributed by atoms with Crippen molar-refractivity contribution in [1.29, 1.82) is 0 Å². The molecule has 264 valence electrons. The summed E-state index contributed by atoms with van der Waals surface area (Å²) < 4.78 is 40.3. The third-order valence-corrected chi connectivity index (χ3v) is 13.2. The lowest BCUT2D eigenvalue weighted by Gasteiger charge is -2.41. The van der Waals surface area contributed by atoms with Gasteiger partial charge in [-0.05, 0) is 62.8 Å². The molecule has 0 saturated carbocycles. The summed E-state index contributed by atoms with van der Waals surface area (Å²) in [6, 6.07) is 16.2. The number of esters is 2. The number of nitrogens with two attached hydrogens (primary N) is 2. The first-order valence-electron chi connectivity index (χ1n) is 15.8. The molecule has 2 aliphatic heterocycles. The van der Waals surface area contributed by atoms with Crippen LogP contribution in [0.25, 0.3) is 0 Å². The van der Waals surface area contributed by atoms with Gasteiger partial charge in [0.05, 0.1) is 63.7 Å². The van der Waals surface area contributed by atoms with E-state index in [0.717, 1.165) is 0 Å². The normalized spacial score (nSPS) is 17.3. The van der Waals surface area contributed by atoms with Gasteiger partial charge < -0.3 is 48.1 Å². The largest absolute Gasteiger partial charge is 0.776 e. The van der Waals surface area contributed by atoms with Crippen LogP contribution in [0, 0.1) is 0 Å². The van der Waals surface area contributed by atoms with Crippen LogP contribution < -0.4 is 20.4 Å². The highest BCUT2D eigenvalue weighted by Crippen LogP contribution is 2.74. The predicted molar refractivity (Wildman–Crippen MR) is 175 cm³/mol. The van der Waals surface area contributed by atoms with Crippen molar-refractivity contribution in [3.05, 3.63) is 71.8 Å². The van der Waals surface area contributed by atoms with Crippen LogP contribution in [0.15, 0.2) is 60.7 Å². The lowest BCUT2D eigenvalue weighted by Crippen LogP contribution is -2.85. The summed E-state index contributed by atoms with van der Waals surface area (Å²) in [5, 5.41) is 4.78. The molecule has 0 spiro atoms. The van der Waals surface area contributed by atoms with Gasteiger partial charge in [-0.3, -0.25) is 0 Å². The van der Waals surface area contributed by atoms with E-state index in [1.54, 1.807) is 60.7 Å². The minimum absolute atomic E-state index is 0.0779. The number of carbonyl (C=O) groups excluding carboxylic acids is 2. The molecule has 0 radical (unpaired) electrons. The SMILES string of the molecule is C1CC[NH2+]CC1.C1CC[NH2+]CC1.O=C(OCCCOP(=O)([O-])C(Cl)(Cl)P(=O)([O-])OCCCOC(=O)c1ccccc1)c1ccccc1. The van der Waals surface area contributed by atoms with Crippen LogP contribution in [0.3, 0.4) is 0 Å². The number of halogens is 2. The molecule has 2 unspecified atom stereocenters. The van der Waals surface area contributed by atoms with Gasteiger partial charge in [0, 0.05) is 12.8 Å². The lowest BCUT2D eigenvalue weighted by molar-refractivity contribution is -0.662. The van der Waals surface area contributed by atoms with Gasteiger partial charge in [0.1, 0.15) is 0 Å². The van der Waals surface area contributed by atoms with Gasteiger partial charge in [-0.2, -0.15) is 0 Å². The number of alkyl halides is 2. The van der Waals surface area contributed by atoms with Crippen LogP contribution in [0.4, 0.5) is 0 Å². The molecule has 0 aliphatic carbocycles. The Balaban J connectivity index is 0.000000527. The van der Waals surface area contributed by atoms with Crippen LogP contribution in [0.2, 0.25) is 0 Å². The zero-order chi connectivity index (χ0) is 34.4. The summed E-state index contributed by atoms with van der Waals surface area (Å²) in [4.78, 5) is 48.1. The monoisotopic (exact) mass is 738 g/mol. The van der Waals surface area contributed by atoms with E-state index in [0.29, 0.717) is 11.1 Å². The molecule has 0 amide bonds.